The van der Waals surface area contributed by atoms with Gasteiger partial charge in [-0.15, -0.1) is 0 Å². The summed E-state index contributed by atoms with van der Waals surface area (Å²) in [5, 5.41) is 9.93. The van der Waals surface area contributed by atoms with Crippen LogP contribution in [0.3, 0.4) is 0 Å². The standard InChI is InChI=1S/C12H13ClO/c13-12-4-2-1-3-10(12)7-11(8-14)9-5-6-9/h1-4,7,9,14H,5-6,8H2/b11-7+. The monoisotopic (exact) mass is 208 g/mol. The van der Waals surface area contributed by atoms with Gasteiger partial charge in [0, 0.05) is 5.02 Å². The van der Waals surface area contributed by atoms with Crippen LogP contribution in [-0.4, -0.2) is 11.7 Å². The molecule has 2 rings (SSSR count). The molecule has 2 heteroatoms. The van der Waals surface area contributed by atoms with Crippen molar-refractivity contribution in [2.45, 2.75) is 12.8 Å². The molecule has 0 radical (unpaired) electrons. The minimum atomic E-state index is 0.149. The number of halogens is 1. The first kappa shape index (κ1) is 9.75. The van der Waals surface area contributed by atoms with E-state index in [0.29, 0.717) is 5.92 Å². The Hall–Kier alpha value is -0.790. The number of rotatable bonds is 3. The molecule has 0 saturated heterocycles. The SMILES string of the molecule is OC/C(=C\c1ccccc1Cl)C1CC1. The van der Waals surface area contributed by atoms with E-state index in [9.17, 15) is 5.11 Å². The van der Waals surface area contributed by atoms with Crippen molar-refractivity contribution in [1.82, 2.24) is 0 Å². The predicted molar refractivity (Wildman–Crippen MR) is 59.2 cm³/mol. The average molecular weight is 209 g/mol. The van der Waals surface area contributed by atoms with E-state index in [2.05, 4.69) is 0 Å². The van der Waals surface area contributed by atoms with Crippen molar-refractivity contribution in [3.8, 4) is 0 Å². The van der Waals surface area contributed by atoms with Crippen LogP contribution in [0.15, 0.2) is 29.8 Å². The van der Waals surface area contributed by atoms with Crippen LogP contribution in [-0.2, 0) is 0 Å². The summed E-state index contributed by atoms with van der Waals surface area (Å²) in [6, 6.07) is 7.71. The molecule has 1 aliphatic carbocycles. The Labute approximate surface area is 89.0 Å². The Kier molecular flexibility index (Phi) is 2.90. The molecule has 1 N–H and O–H groups in total. The number of hydrogen-bond acceptors (Lipinski definition) is 1. The van der Waals surface area contributed by atoms with Crippen LogP contribution in [0.5, 0.6) is 0 Å². The second-order valence-corrected chi connectivity index (χ2v) is 4.08. The van der Waals surface area contributed by atoms with Gasteiger partial charge in [0.15, 0.2) is 0 Å². The molecule has 1 aliphatic rings. The molecule has 1 aromatic carbocycles. The molecule has 0 amide bonds. The third-order valence-corrected chi connectivity index (χ3v) is 2.87. The van der Waals surface area contributed by atoms with Crippen LogP contribution >= 0.6 is 11.6 Å². The molecule has 0 aliphatic heterocycles. The van der Waals surface area contributed by atoms with Gasteiger partial charge in [0.2, 0.25) is 0 Å². The highest BCUT2D eigenvalue weighted by Gasteiger charge is 2.25. The van der Waals surface area contributed by atoms with E-state index >= 15 is 0 Å². The van der Waals surface area contributed by atoms with Gasteiger partial charge in [-0.1, -0.05) is 35.9 Å². The van der Waals surface area contributed by atoms with Crippen molar-refractivity contribution in [2.24, 2.45) is 5.92 Å². The lowest BCUT2D eigenvalue weighted by Gasteiger charge is -2.02. The fraction of sp³-hybridized carbons (Fsp3) is 0.333. The Bertz CT molecular complexity index is 353. The molecule has 1 nitrogen and oxygen atoms in total. The van der Waals surface area contributed by atoms with Crippen LogP contribution in [0.2, 0.25) is 5.02 Å². The van der Waals surface area contributed by atoms with Crippen molar-refractivity contribution in [3.63, 3.8) is 0 Å². The van der Waals surface area contributed by atoms with E-state index in [1.807, 2.05) is 30.3 Å². The topological polar surface area (TPSA) is 20.2 Å². The fourth-order valence-electron chi connectivity index (χ4n) is 1.54. The van der Waals surface area contributed by atoms with Gasteiger partial charge in [-0.25, -0.2) is 0 Å². The maximum Gasteiger partial charge on any atom is 0.0647 e. The molecule has 0 spiro atoms. The summed E-state index contributed by atoms with van der Waals surface area (Å²) in [6.45, 7) is 0.149. The molecule has 1 aromatic rings. The first-order valence-electron chi connectivity index (χ1n) is 4.87. The minimum Gasteiger partial charge on any atom is -0.392 e. The molecular formula is C12H13ClO. The number of aliphatic hydroxyl groups excluding tert-OH is 1. The van der Waals surface area contributed by atoms with Gasteiger partial charge in [-0.05, 0) is 36.0 Å². The Balaban J connectivity index is 2.26. The zero-order valence-corrected chi connectivity index (χ0v) is 8.67. The summed E-state index contributed by atoms with van der Waals surface area (Å²) in [6.07, 6.45) is 4.42. The average Bonchev–Trinajstić information content (AvgIpc) is 3.00. The van der Waals surface area contributed by atoms with Crippen molar-refractivity contribution in [3.05, 3.63) is 40.4 Å². The third-order valence-electron chi connectivity index (χ3n) is 2.53. The minimum absolute atomic E-state index is 0.149. The lowest BCUT2D eigenvalue weighted by Crippen LogP contribution is -1.92. The molecular weight excluding hydrogens is 196 g/mol. The summed E-state index contributed by atoms with van der Waals surface area (Å²) >= 11 is 6.02. The molecule has 1 saturated carbocycles. The quantitative estimate of drug-likeness (QED) is 0.809. The summed E-state index contributed by atoms with van der Waals surface area (Å²) in [5.74, 6) is 0.594. The summed E-state index contributed by atoms with van der Waals surface area (Å²) < 4.78 is 0. The number of hydrogen-bond donors (Lipinski definition) is 1. The van der Waals surface area contributed by atoms with Gasteiger partial charge >= 0.3 is 0 Å². The highest BCUT2D eigenvalue weighted by molar-refractivity contribution is 6.32. The lowest BCUT2D eigenvalue weighted by atomic mass is 10.1. The molecule has 14 heavy (non-hydrogen) atoms. The van der Waals surface area contributed by atoms with Crippen LogP contribution in [0.1, 0.15) is 18.4 Å². The zero-order valence-electron chi connectivity index (χ0n) is 7.91. The van der Waals surface area contributed by atoms with E-state index in [1.165, 1.54) is 12.8 Å². The lowest BCUT2D eigenvalue weighted by molar-refractivity contribution is 0.326. The molecule has 0 bridgehead atoms. The molecule has 1 fully saturated rings. The second kappa shape index (κ2) is 4.16. The summed E-state index contributed by atoms with van der Waals surface area (Å²) in [4.78, 5) is 0. The van der Waals surface area contributed by atoms with Crippen molar-refractivity contribution in [1.29, 1.82) is 0 Å². The van der Waals surface area contributed by atoms with Gasteiger partial charge < -0.3 is 5.11 Å². The molecule has 0 heterocycles. The first-order chi connectivity index (χ1) is 6.81. The zero-order chi connectivity index (χ0) is 9.97. The van der Waals surface area contributed by atoms with Gasteiger partial charge in [-0.3, -0.25) is 0 Å². The van der Waals surface area contributed by atoms with Gasteiger partial charge in [0.25, 0.3) is 0 Å². The molecule has 0 atom stereocenters. The van der Waals surface area contributed by atoms with E-state index in [4.69, 9.17) is 11.6 Å². The van der Waals surface area contributed by atoms with E-state index in [-0.39, 0.29) is 6.61 Å². The highest BCUT2D eigenvalue weighted by atomic mass is 35.5. The van der Waals surface area contributed by atoms with E-state index in [0.717, 1.165) is 16.2 Å². The molecule has 74 valence electrons. The van der Waals surface area contributed by atoms with Crippen molar-refractivity contribution >= 4 is 17.7 Å². The molecule has 0 aromatic heterocycles. The molecule has 0 unspecified atom stereocenters. The highest BCUT2D eigenvalue weighted by Crippen LogP contribution is 2.37. The van der Waals surface area contributed by atoms with Crippen molar-refractivity contribution < 1.29 is 5.11 Å². The van der Waals surface area contributed by atoms with Crippen LogP contribution in [0.25, 0.3) is 6.08 Å². The van der Waals surface area contributed by atoms with Crippen LogP contribution in [0.4, 0.5) is 0 Å². The van der Waals surface area contributed by atoms with E-state index in [1.54, 1.807) is 0 Å². The maximum atomic E-state index is 9.18. The van der Waals surface area contributed by atoms with Crippen LogP contribution in [0, 0.1) is 5.92 Å². The normalized spacial score (nSPS) is 17.1. The largest absolute Gasteiger partial charge is 0.392 e. The summed E-state index contributed by atoms with van der Waals surface area (Å²) in [5.41, 5.74) is 2.11. The van der Waals surface area contributed by atoms with Gasteiger partial charge in [0.05, 0.1) is 6.61 Å². The fourth-order valence-corrected chi connectivity index (χ4v) is 1.73. The first-order valence-corrected chi connectivity index (χ1v) is 5.25. The Morgan fingerprint density at radius 3 is 2.71 bits per heavy atom. The van der Waals surface area contributed by atoms with Crippen LogP contribution < -0.4 is 0 Å². The van der Waals surface area contributed by atoms with Crippen molar-refractivity contribution in [2.75, 3.05) is 6.61 Å². The number of benzene rings is 1. The van der Waals surface area contributed by atoms with E-state index < -0.39 is 0 Å². The second-order valence-electron chi connectivity index (χ2n) is 3.67. The Morgan fingerprint density at radius 1 is 1.43 bits per heavy atom. The number of aliphatic hydroxyl groups is 1. The maximum absolute atomic E-state index is 9.18. The third kappa shape index (κ3) is 2.17. The van der Waals surface area contributed by atoms with Gasteiger partial charge in [0.1, 0.15) is 0 Å². The predicted octanol–water partition coefficient (Wildman–Crippen LogP) is 3.13. The van der Waals surface area contributed by atoms with Gasteiger partial charge in [-0.2, -0.15) is 0 Å². The Morgan fingerprint density at radius 2 is 2.14 bits per heavy atom. The smallest absolute Gasteiger partial charge is 0.0647 e. The summed E-state index contributed by atoms with van der Waals surface area (Å²) in [7, 11) is 0.